The Morgan fingerprint density at radius 1 is 1.40 bits per heavy atom. The van der Waals surface area contributed by atoms with Gasteiger partial charge in [-0.1, -0.05) is 18.5 Å². The molecule has 25 heavy (non-hydrogen) atoms. The molecule has 1 aliphatic carbocycles. The van der Waals surface area contributed by atoms with E-state index in [4.69, 9.17) is 11.6 Å². The zero-order valence-corrected chi connectivity index (χ0v) is 15.0. The highest BCUT2D eigenvalue weighted by Crippen LogP contribution is 2.40. The third-order valence-electron chi connectivity index (χ3n) is 4.34. The minimum absolute atomic E-state index is 0.141. The fourth-order valence-electron chi connectivity index (χ4n) is 2.78. The Balaban J connectivity index is 1.85. The van der Waals surface area contributed by atoms with Crippen LogP contribution in [0.4, 0.5) is 5.69 Å². The van der Waals surface area contributed by atoms with E-state index in [1.54, 1.807) is 31.3 Å². The lowest BCUT2D eigenvalue weighted by molar-refractivity contribution is -0.115. The van der Waals surface area contributed by atoms with Gasteiger partial charge in [-0.2, -0.15) is 0 Å². The summed E-state index contributed by atoms with van der Waals surface area (Å²) in [6, 6.07) is 4.73. The first-order chi connectivity index (χ1) is 12.0. The zero-order valence-electron chi connectivity index (χ0n) is 14.3. The summed E-state index contributed by atoms with van der Waals surface area (Å²) < 4.78 is 1.92. The lowest BCUT2D eigenvalue weighted by Crippen LogP contribution is -2.32. The van der Waals surface area contributed by atoms with Crippen molar-refractivity contribution in [2.75, 3.05) is 5.32 Å². The van der Waals surface area contributed by atoms with Gasteiger partial charge < -0.3 is 15.2 Å². The maximum atomic E-state index is 12.9. The van der Waals surface area contributed by atoms with Crippen molar-refractivity contribution in [3.63, 3.8) is 0 Å². The summed E-state index contributed by atoms with van der Waals surface area (Å²) in [5.74, 6) is 0.817. The summed E-state index contributed by atoms with van der Waals surface area (Å²) >= 11 is 6.02. The lowest BCUT2D eigenvalue weighted by Gasteiger charge is -2.19. The van der Waals surface area contributed by atoms with Crippen LogP contribution in [-0.4, -0.2) is 21.4 Å². The number of nitrogens with zero attached hydrogens (tertiary/aromatic N) is 2. The summed E-state index contributed by atoms with van der Waals surface area (Å²) in [6.45, 7) is 1.75. The van der Waals surface area contributed by atoms with Crippen LogP contribution in [0.2, 0.25) is 5.02 Å². The topological polar surface area (TPSA) is 76.0 Å². The molecule has 1 unspecified atom stereocenters. The Morgan fingerprint density at radius 2 is 2.16 bits per heavy atom. The molecule has 7 heteroatoms. The highest BCUT2D eigenvalue weighted by Gasteiger charge is 2.36. The molecule has 1 aromatic heterocycles. The molecule has 0 radical (unpaired) electrons. The number of rotatable bonds is 6. The number of aromatic nitrogens is 2. The van der Waals surface area contributed by atoms with Gasteiger partial charge in [0, 0.05) is 30.9 Å². The lowest BCUT2D eigenvalue weighted by atomic mass is 10.1. The molecule has 0 spiro atoms. The van der Waals surface area contributed by atoms with E-state index in [2.05, 4.69) is 15.6 Å². The number of benzene rings is 1. The summed E-state index contributed by atoms with van der Waals surface area (Å²) in [5, 5.41) is 6.28. The summed E-state index contributed by atoms with van der Waals surface area (Å²) in [6.07, 6.45) is 6.05. The largest absolute Gasteiger partial charge is 0.342 e. The van der Waals surface area contributed by atoms with E-state index in [-0.39, 0.29) is 17.9 Å². The highest BCUT2D eigenvalue weighted by molar-refractivity contribution is 6.31. The molecule has 0 saturated heterocycles. The number of amides is 2. The van der Waals surface area contributed by atoms with Gasteiger partial charge in [-0.05, 0) is 37.0 Å². The fraction of sp³-hybridized carbons (Fsp3) is 0.389. The highest BCUT2D eigenvalue weighted by atomic mass is 35.5. The number of imidazole rings is 1. The van der Waals surface area contributed by atoms with Crippen LogP contribution >= 0.6 is 11.6 Å². The number of carbonyl (C=O) groups is 2. The average molecular weight is 361 g/mol. The van der Waals surface area contributed by atoms with Gasteiger partial charge >= 0.3 is 0 Å². The van der Waals surface area contributed by atoms with Gasteiger partial charge in [0.1, 0.15) is 5.82 Å². The van der Waals surface area contributed by atoms with Gasteiger partial charge in [-0.15, -0.1) is 0 Å². The molecule has 2 aromatic rings. The minimum Gasteiger partial charge on any atom is -0.342 e. The Bertz CT molecular complexity index is 798. The number of hydrogen-bond acceptors (Lipinski definition) is 3. The standard InChI is InChI=1S/C18H21ClN4O2/c1-3-15(24)21-14-10-12(19)6-7-13(14)18(25)22-16(11-4-5-11)17-20-8-9-23(17)2/h6-11,16H,3-5H2,1-2H3,(H,21,24)(H,22,25). The molecule has 1 fully saturated rings. The van der Waals surface area contributed by atoms with Gasteiger partial charge in [0.2, 0.25) is 5.91 Å². The van der Waals surface area contributed by atoms with E-state index in [1.165, 1.54) is 0 Å². The van der Waals surface area contributed by atoms with Crippen molar-refractivity contribution >= 4 is 29.1 Å². The van der Waals surface area contributed by atoms with Crippen LogP contribution in [0.5, 0.6) is 0 Å². The number of halogens is 1. The van der Waals surface area contributed by atoms with Gasteiger partial charge in [0.25, 0.3) is 5.91 Å². The monoisotopic (exact) mass is 360 g/mol. The third-order valence-corrected chi connectivity index (χ3v) is 4.57. The van der Waals surface area contributed by atoms with E-state index < -0.39 is 0 Å². The summed E-state index contributed by atoms with van der Waals surface area (Å²) in [5.41, 5.74) is 0.817. The molecular formula is C18H21ClN4O2. The first kappa shape index (κ1) is 17.5. The molecule has 0 bridgehead atoms. The molecule has 1 saturated carbocycles. The van der Waals surface area contributed by atoms with Gasteiger partial charge in [0.05, 0.1) is 17.3 Å². The zero-order chi connectivity index (χ0) is 18.0. The number of hydrogen-bond donors (Lipinski definition) is 2. The summed E-state index contributed by atoms with van der Waals surface area (Å²) in [7, 11) is 1.92. The van der Waals surface area contributed by atoms with Crippen molar-refractivity contribution in [1.82, 2.24) is 14.9 Å². The second kappa shape index (κ2) is 7.27. The van der Waals surface area contributed by atoms with Crippen LogP contribution in [0.3, 0.4) is 0 Å². The second-order valence-electron chi connectivity index (χ2n) is 6.28. The van der Waals surface area contributed by atoms with Crippen molar-refractivity contribution in [2.24, 2.45) is 13.0 Å². The van der Waals surface area contributed by atoms with Crippen LogP contribution in [0.1, 0.15) is 48.4 Å². The predicted octanol–water partition coefficient (Wildman–Crippen LogP) is 3.30. The third kappa shape index (κ3) is 4.02. The van der Waals surface area contributed by atoms with E-state index in [9.17, 15) is 9.59 Å². The Labute approximate surface area is 151 Å². The SMILES string of the molecule is CCC(=O)Nc1cc(Cl)ccc1C(=O)NC(c1nccn1C)C1CC1. The minimum atomic E-state index is -0.247. The molecule has 2 N–H and O–H groups in total. The van der Waals surface area contributed by atoms with Crippen molar-refractivity contribution in [2.45, 2.75) is 32.2 Å². The Kier molecular flexibility index (Phi) is 5.08. The molecule has 1 aliphatic rings. The Morgan fingerprint density at radius 3 is 2.76 bits per heavy atom. The van der Waals surface area contributed by atoms with E-state index in [1.807, 2.05) is 17.8 Å². The normalized spacial score (nSPS) is 14.8. The number of aryl methyl sites for hydroxylation is 1. The number of nitrogens with one attached hydrogen (secondary N) is 2. The molecular weight excluding hydrogens is 340 g/mol. The van der Waals surface area contributed by atoms with E-state index >= 15 is 0 Å². The second-order valence-corrected chi connectivity index (χ2v) is 6.71. The van der Waals surface area contributed by atoms with Crippen LogP contribution in [0.15, 0.2) is 30.6 Å². The molecule has 1 aromatic carbocycles. The van der Waals surface area contributed by atoms with Gasteiger partial charge in [-0.25, -0.2) is 4.98 Å². The smallest absolute Gasteiger partial charge is 0.253 e. The number of anilines is 1. The molecule has 0 aliphatic heterocycles. The Hall–Kier alpha value is -2.34. The average Bonchev–Trinajstić information content (AvgIpc) is 3.34. The maximum absolute atomic E-state index is 12.9. The summed E-state index contributed by atoms with van der Waals surface area (Å²) in [4.78, 5) is 29.0. The van der Waals surface area contributed by atoms with Gasteiger partial charge in [0.15, 0.2) is 0 Å². The number of carbonyl (C=O) groups excluding carboxylic acids is 2. The van der Waals surface area contributed by atoms with Crippen LogP contribution in [0.25, 0.3) is 0 Å². The molecule has 6 nitrogen and oxygen atoms in total. The molecule has 3 rings (SSSR count). The van der Waals surface area contributed by atoms with E-state index in [0.29, 0.717) is 28.6 Å². The molecule has 2 amide bonds. The van der Waals surface area contributed by atoms with Crippen LogP contribution in [-0.2, 0) is 11.8 Å². The maximum Gasteiger partial charge on any atom is 0.253 e. The van der Waals surface area contributed by atoms with Crippen LogP contribution < -0.4 is 10.6 Å². The quantitative estimate of drug-likeness (QED) is 0.829. The molecule has 1 atom stereocenters. The first-order valence-electron chi connectivity index (χ1n) is 8.37. The molecule has 132 valence electrons. The first-order valence-corrected chi connectivity index (χ1v) is 8.75. The van der Waals surface area contributed by atoms with Crippen molar-refractivity contribution in [3.8, 4) is 0 Å². The van der Waals surface area contributed by atoms with Crippen LogP contribution in [0, 0.1) is 5.92 Å². The van der Waals surface area contributed by atoms with Gasteiger partial charge in [-0.3, -0.25) is 9.59 Å². The van der Waals surface area contributed by atoms with Crippen molar-refractivity contribution < 1.29 is 9.59 Å². The fourth-order valence-corrected chi connectivity index (χ4v) is 2.95. The van der Waals surface area contributed by atoms with E-state index in [0.717, 1.165) is 18.7 Å². The van der Waals surface area contributed by atoms with Crippen molar-refractivity contribution in [1.29, 1.82) is 0 Å². The van der Waals surface area contributed by atoms with Crippen molar-refractivity contribution in [3.05, 3.63) is 47.0 Å². The molecule has 1 heterocycles. The predicted molar refractivity (Wildman–Crippen MR) is 96.5 cm³/mol.